The fourth-order valence-electron chi connectivity index (χ4n) is 1.53. The largest absolute Gasteiger partial charge is 0.322 e. The van der Waals surface area contributed by atoms with E-state index in [1.807, 2.05) is 6.92 Å². The number of aromatic nitrogens is 1. The topological polar surface area (TPSA) is 85.1 Å². The standard InChI is InChI=1S/C13H10FN3O3S/c1-8-15-10(7-21-8)3-5-13(18)16-9-2-4-11(14)12(6-9)17(19)20/h2-7H,1H3,(H,16,18)/b5-3+. The third kappa shape index (κ3) is 3.93. The van der Waals surface area contributed by atoms with Crippen molar-refractivity contribution < 1.29 is 14.1 Å². The van der Waals surface area contributed by atoms with Crippen LogP contribution in [0.4, 0.5) is 15.8 Å². The monoisotopic (exact) mass is 307 g/mol. The number of hydrogen-bond donors (Lipinski definition) is 1. The van der Waals surface area contributed by atoms with Gasteiger partial charge in [-0.2, -0.15) is 4.39 Å². The van der Waals surface area contributed by atoms with Gasteiger partial charge in [-0.3, -0.25) is 14.9 Å². The van der Waals surface area contributed by atoms with Crippen molar-refractivity contribution in [2.75, 3.05) is 5.32 Å². The summed E-state index contributed by atoms with van der Waals surface area (Å²) in [6.45, 7) is 1.85. The molecular weight excluding hydrogens is 297 g/mol. The Kier molecular flexibility index (Phi) is 4.39. The molecule has 1 amide bonds. The fraction of sp³-hybridized carbons (Fsp3) is 0.0769. The van der Waals surface area contributed by atoms with E-state index in [1.54, 1.807) is 5.38 Å². The number of anilines is 1. The first kappa shape index (κ1) is 14.8. The average Bonchev–Trinajstić information content (AvgIpc) is 2.84. The molecule has 0 atom stereocenters. The summed E-state index contributed by atoms with van der Waals surface area (Å²) < 4.78 is 13.2. The lowest BCUT2D eigenvalue weighted by atomic mass is 10.2. The second-order valence-corrected chi connectivity index (χ2v) is 5.10. The molecule has 21 heavy (non-hydrogen) atoms. The van der Waals surface area contributed by atoms with Gasteiger partial charge in [0.05, 0.1) is 15.6 Å². The highest BCUT2D eigenvalue weighted by Crippen LogP contribution is 2.21. The number of halogens is 1. The zero-order valence-electron chi connectivity index (χ0n) is 10.9. The summed E-state index contributed by atoms with van der Waals surface area (Å²) in [4.78, 5) is 25.6. The molecule has 0 unspecified atom stereocenters. The van der Waals surface area contributed by atoms with Crippen molar-refractivity contribution >= 4 is 34.7 Å². The number of hydrogen-bond acceptors (Lipinski definition) is 5. The van der Waals surface area contributed by atoms with Gasteiger partial charge in [0.15, 0.2) is 0 Å². The normalized spacial score (nSPS) is 10.8. The van der Waals surface area contributed by atoms with Crippen LogP contribution in [-0.2, 0) is 4.79 Å². The molecule has 0 aliphatic rings. The number of benzene rings is 1. The zero-order chi connectivity index (χ0) is 15.4. The number of carbonyl (C=O) groups excluding carboxylic acids is 1. The lowest BCUT2D eigenvalue weighted by Gasteiger charge is -2.02. The molecule has 108 valence electrons. The summed E-state index contributed by atoms with van der Waals surface area (Å²) in [6.07, 6.45) is 2.78. The molecule has 1 N–H and O–H groups in total. The first-order chi connectivity index (χ1) is 9.95. The molecule has 0 saturated heterocycles. The maximum atomic E-state index is 13.2. The molecule has 1 heterocycles. The number of nitrogens with one attached hydrogen (secondary N) is 1. The number of amides is 1. The number of aryl methyl sites for hydroxylation is 1. The summed E-state index contributed by atoms with van der Waals surface area (Å²) in [5.41, 5.74) is 0.108. The van der Waals surface area contributed by atoms with Gasteiger partial charge in [0, 0.05) is 23.2 Å². The Labute approximate surface area is 123 Å². The van der Waals surface area contributed by atoms with E-state index in [9.17, 15) is 19.3 Å². The quantitative estimate of drug-likeness (QED) is 0.534. The lowest BCUT2D eigenvalue weighted by Crippen LogP contribution is -2.08. The van der Waals surface area contributed by atoms with Crippen LogP contribution in [0.3, 0.4) is 0 Å². The van der Waals surface area contributed by atoms with Crippen molar-refractivity contribution in [2.45, 2.75) is 6.92 Å². The second-order valence-electron chi connectivity index (χ2n) is 4.04. The van der Waals surface area contributed by atoms with Gasteiger partial charge in [-0.05, 0) is 25.1 Å². The highest BCUT2D eigenvalue weighted by molar-refractivity contribution is 7.09. The molecule has 0 saturated carbocycles. The van der Waals surface area contributed by atoms with Gasteiger partial charge in [-0.15, -0.1) is 11.3 Å². The Hall–Kier alpha value is -2.61. The summed E-state index contributed by atoms with van der Waals surface area (Å²) in [7, 11) is 0. The number of thiazole rings is 1. The van der Waals surface area contributed by atoms with E-state index < -0.39 is 22.3 Å². The minimum Gasteiger partial charge on any atom is -0.322 e. The van der Waals surface area contributed by atoms with Gasteiger partial charge < -0.3 is 5.32 Å². The van der Waals surface area contributed by atoms with Crippen LogP contribution < -0.4 is 5.32 Å². The number of nitro groups is 1. The fourth-order valence-corrected chi connectivity index (χ4v) is 2.11. The van der Waals surface area contributed by atoms with Crippen molar-refractivity contribution in [1.29, 1.82) is 0 Å². The maximum absolute atomic E-state index is 13.2. The van der Waals surface area contributed by atoms with Crippen LogP contribution in [-0.4, -0.2) is 15.8 Å². The van der Waals surface area contributed by atoms with Gasteiger partial charge in [0.1, 0.15) is 0 Å². The van der Waals surface area contributed by atoms with Crippen LogP contribution in [0.25, 0.3) is 6.08 Å². The zero-order valence-corrected chi connectivity index (χ0v) is 11.7. The highest BCUT2D eigenvalue weighted by atomic mass is 32.1. The second kappa shape index (κ2) is 6.23. The van der Waals surface area contributed by atoms with Crippen molar-refractivity contribution in [3.8, 4) is 0 Å². The van der Waals surface area contributed by atoms with Crippen LogP contribution in [0.2, 0.25) is 0 Å². The summed E-state index contributed by atoms with van der Waals surface area (Å²) in [6, 6.07) is 3.15. The molecule has 2 rings (SSSR count). The molecule has 1 aromatic carbocycles. The molecule has 2 aromatic rings. The van der Waals surface area contributed by atoms with Gasteiger partial charge in [-0.25, -0.2) is 4.98 Å². The summed E-state index contributed by atoms with van der Waals surface area (Å²) >= 11 is 1.46. The van der Waals surface area contributed by atoms with Crippen LogP contribution in [0.15, 0.2) is 29.7 Å². The van der Waals surface area contributed by atoms with E-state index in [1.165, 1.54) is 29.6 Å². The molecule has 0 aliphatic heterocycles. The summed E-state index contributed by atoms with van der Waals surface area (Å²) in [5.74, 6) is -1.44. The van der Waals surface area contributed by atoms with E-state index in [2.05, 4.69) is 10.3 Å². The third-order valence-electron chi connectivity index (χ3n) is 2.45. The van der Waals surface area contributed by atoms with Crippen LogP contribution in [0, 0.1) is 22.9 Å². The van der Waals surface area contributed by atoms with Crippen molar-refractivity contribution in [1.82, 2.24) is 4.98 Å². The Morgan fingerprint density at radius 3 is 2.90 bits per heavy atom. The minimum atomic E-state index is -0.952. The first-order valence-electron chi connectivity index (χ1n) is 5.81. The Bertz CT molecular complexity index is 727. The van der Waals surface area contributed by atoms with E-state index in [0.29, 0.717) is 5.69 Å². The van der Waals surface area contributed by atoms with Crippen molar-refractivity contribution in [2.24, 2.45) is 0 Å². The molecule has 0 radical (unpaired) electrons. The predicted molar refractivity (Wildman–Crippen MR) is 77.6 cm³/mol. The highest BCUT2D eigenvalue weighted by Gasteiger charge is 2.14. The molecule has 0 aliphatic carbocycles. The third-order valence-corrected chi connectivity index (χ3v) is 3.24. The van der Waals surface area contributed by atoms with Crippen molar-refractivity contribution in [3.05, 3.63) is 56.3 Å². The predicted octanol–water partition coefficient (Wildman–Crippen LogP) is 3.15. The van der Waals surface area contributed by atoms with Crippen molar-refractivity contribution in [3.63, 3.8) is 0 Å². The Morgan fingerprint density at radius 2 is 2.29 bits per heavy atom. The van der Waals surface area contributed by atoms with Crippen LogP contribution in [0.5, 0.6) is 0 Å². The van der Waals surface area contributed by atoms with Crippen LogP contribution >= 0.6 is 11.3 Å². The smallest absolute Gasteiger partial charge is 0.306 e. The summed E-state index contributed by atoms with van der Waals surface area (Å²) in [5, 5.41) is 15.7. The van der Waals surface area contributed by atoms with E-state index in [0.717, 1.165) is 17.1 Å². The van der Waals surface area contributed by atoms with E-state index >= 15 is 0 Å². The molecule has 0 fully saturated rings. The maximum Gasteiger partial charge on any atom is 0.306 e. The number of rotatable bonds is 4. The average molecular weight is 307 g/mol. The lowest BCUT2D eigenvalue weighted by molar-refractivity contribution is -0.387. The number of carbonyl (C=O) groups is 1. The van der Waals surface area contributed by atoms with E-state index in [4.69, 9.17) is 0 Å². The molecular formula is C13H10FN3O3S. The van der Waals surface area contributed by atoms with Crippen LogP contribution in [0.1, 0.15) is 10.7 Å². The molecule has 0 bridgehead atoms. The number of nitrogens with zero attached hydrogens (tertiary/aromatic N) is 2. The Morgan fingerprint density at radius 1 is 1.52 bits per heavy atom. The minimum absolute atomic E-state index is 0.146. The van der Waals surface area contributed by atoms with Gasteiger partial charge in [0.2, 0.25) is 11.7 Å². The molecule has 8 heteroatoms. The Balaban J connectivity index is 2.07. The van der Waals surface area contributed by atoms with Gasteiger partial charge >= 0.3 is 5.69 Å². The molecule has 0 spiro atoms. The SMILES string of the molecule is Cc1nc(/C=C/C(=O)Nc2ccc(F)c([N+](=O)[O-])c2)cs1. The van der Waals surface area contributed by atoms with E-state index in [-0.39, 0.29) is 5.69 Å². The molecule has 1 aromatic heterocycles. The van der Waals surface area contributed by atoms with Gasteiger partial charge in [-0.1, -0.05) is 0 Å². The van der Waals surface area contributed by atoms with Gasteiger partial charge in [0.25, 0.3) is 0 Å². The molecule has 6 nitrogen and oxygen atoms in total. The first-order valence-corrected chi connectivity index (χ1v) is 6.69. The number of nitro benzene ring substituents is 1.